The Labute approximate surface area is 142 Å². The highest BCUT2D eigenvalue weighted by atomic mass is 79.9. The number of fused-ring (bicyclic) bond motifs is 1. The second-order valence-electron chi connectivity index (χ2n) is 4.30. The Morgan fingerprint density at radius 1 is 1.05 bits per heavy atom. The summed E-state index contributed by atoms with van der Waals surface area (Å²) < 4.78 is 12.1. The minimum absolute atomic E-state index is 0.154. The van der Waals surface area contributed by atoms with Gasteiger partial charge < -0.3 is 14.8 Å². The average molecular weight is 433 g/mol. The molecule has 1 heterocycles. The van der Waals surface area contributed by atoms with Crippen LogP contribution in [0.2, 0.25) is 5.02 Å². The SMILES string of the molecule is O=C(Nc1cc2c(cc1Cl)OCO2)c1cc(Br)cc(Br)c1. The zero-order chi connectivity index (χ0) is 15.0. The Morgan fingerprint density at radius 2 is 1.67 bits per heavy atom. The second kappa shape index (κ2) is 5.87. The number of ether oxygens (including phenoxy) is 2. The van der Waals surface area contributed by atoms with Crippen molar-refractivity contribution >= 4 is 55.1 Å². The van der Waals surface area contributed by atoms with Crippen molar-refractivity contribution in [3.8, 4) is 11.5 Å². The topological polar surface area (TPSA) is 47.6 Å². The van der Waals surface area contributed by atoms with Gasteiger partial charge in [-0.3, -0.25) is 4.79 Å². The van der Waals surface area contributed by atoms with Crippen LogP contribution in [0.4, 0.5) is 5.69 Å². The number of benzene rings is 2. The first kappa shape index (κ1) is 14.7. The van der Waals surface area contributed by atoms with E-state index in [1.807, 2.05) is 6.07 Å². The van der Waals surface area contributed by atoms with Crippen LogP contribution in [-0.4, -0.2) is 12.7 Å². The third kappa shape index (κ3) is 3.17. The molecule has 0 fully saturated rings. The van der Waals surface area contributed by atoms with Crippen LogP contribution in [0.3, 0.4) is 0 Å². The number of carbonyl (C=O) groups is 1. The van der Waals surface area contributed by atoms with E-state index in [-0.39, 0.29) is 12.7 Å². The molecule has 0 spiro atoms. The summed E-state index contributed by atoms with van der Waals surface area (Å²) in [6, 6.07) is 8.57. The lowest BCUT2D eigenvalue weighted by Crippen LogP contribution is -2.12. The van der Waals surface area contributed by atoms with Crippen LogP contribution >= 0.6 is 43.5 Å². The van der Waals surface area contributed by atoms with E-state index in [4.69, 9.17) is 21.1 Å². The molecule has 21 heavy (non-hydrogen) atoms. The largest absolute Gasteiger partial charge is 0.454 e. The molecule has 0 aliphatic carbocycles. The third-order valence-electron chi connectivity index (χ3n) is 2.84. The average Bonchev–Trinajstić information content (AvgIpc) is 2.85. The number of amides is 1. The second-order valence-corrected chi connectivity index (χ2v) is 6.54. The summed E-state index contributed by atoms with van der Waals surface area (Å²) in [5.74, 6) is 0.867. The zero-order valence-corrected chi connectivity index (χ0v) is 14.4. The summed E-state index contributed by atoms with van der Waals surface area (Å²) in [6.07, 6.45) is 0. The van der Waals surface area contributed by atoms with Crippen LogP contribution < -0.4 is 14.8 Å². The van der Waals surface area contributed by atoms with E-state index < -0.39 is 0 Å². The predicted octanol–water partition coefficient (Wildman–Crippen LogP) is 4.85. The predicted molar refractivity (Wildman–Crippen MR) is 87.4 cm³/mol. The van der Waals surface area contributed by atoms with E-state index in [1.165, 1.54) is 0 Å². The molecule has 2 aromatic rings. The molecule has 3 rings (SSSR count). The maximum atomic E-state index is 12.3. The molecule has 0 saturated heterocycles. The lowest BCUT2D eigenvalue weighted by molar-refractivity contribution is 0.102. The fourth-order valence-electron chi connectivity index (χ4n) is 1.89. The van der Waals surface area contributed by atoms with E-state index in [2.05, 4.69) is 37.2 Å². The summed E-state index contributed by atoms with van der Waals surface area (Å²) in [5, 5.41) is 3.15. The summed E-state index contributed by atoms with van der Waals surface area (Å²) in [5.41, 5.74) is 0.979. The van der Waals surface area contributed by atoms with Gasteiger partial charge in [-0.2, -0.15) is 0 Å². The molecule has 1 aliphatic rings. The first-order valence-corrected chi connectivity index (χ1v) is 7.86. The standard InChI is InChI=1S/C14H8Br2ClNO3/c15-8-1-7(2-9(16)3-8)14(19)18-11-5-13-12(4-10(11)17)20-6-21-13/h1-5H,6H2,(H,18,19). The number of hydrogen-bond donors (Lipinski definition) is 1. The molecule has 4 nitrogen and oxygen atoms in total. The molecule has 0 unspecified atom stereocenters. The number of halogens is 3. The number of nitrogens with one attached hydrogen (secondary N) is 1. The van der Waals surface area contributed by atoms with Crippen LogP contribution in [0.1, 0.15) is 10.4 Å². The minimum Gasteiger partial charge on any atom is -0.454 e. The lowest BCUT2D eigenvalue weighted by Gasteiger charge is -2.09. The van der Waals surface area contributed by atoms with Gasteiger partial charge in [-0.05, 0) is 18.2 Å². The number of rotatable bonds is 2. The Morgan fingerprint density at radius 3 is 2.33 bits per heavy atom. The van der Waals surface area contributed by atoms with Gasteiger partial charge in [-0.15, -0.1) is 0 Å². The Kier molecular flexibility index (Phi) is 4.10. The van der Waals surface area contributed by atoms with Gasteiger partial charge in [0.1, 0.15) is 0 Å². The van der Waals surface area contributed by atoms with Crippen molar-refractivity contribution in [3.63, 3.8) is 0 Å². The van der Waals surface area contributed by atoms with Crippen molar-refractivity contribution in [1.29, 1.82) is 0 Å². The normalized spacial score (nSPS) is 12.3. The lowest BCUT2D eigenvalue weighted by atomic mass is 10.2. The molecule has 1 amide bonds. The summed E-state index contributed by atoms with van der Waals surface area (Å²) in [6.45, 7) is 0.154. The third-order valence-corrected chi connectivity index (χ3v) is 4.06. The van der Waals surface area contributed by atoms with Gasteiger partial charge in [0.25, 0.3) is 5.91 Å². The number of anilines is 1. The molecule has 1 aliphatic heterocycles. The molecular formula is C14H8Br2ClNO3. The molecule has 1 N–H and O–H groups in total. The highest BCUT2D eigenvalue weighted by molar-refractivity contribution is 9.11. The fourth-order valence-corrected chi connectivity index (χ4v) is 3.39. The Hall–Kier alpha value is -1.24. The molecule has 0 atom stereocenters. The van der Waals surface area contributed by atoms with Crippen molar-refractivity contribution in [1.82, 2.24) is 0 Å². The van der Waals surface area contributed by atoms with Crippen molar-refractivity contribution in [3.05, 3.63) is 49.9 Å². The van der Waals surface area contributed by atoms with Gasteiger partial charge in [0.05, 0.1) is 10.7 Å². The maximum Gasteiger partial charge on any atom is 0.255 e. The summed E-state index contributed by atoms with van der Waals surface area (Å²) in [4.78, 5) is 12.3. The van der Waals surface area contributed by atoms with Crippen molar-refractivity contribution in [2.24, 2.45) is 0 Å². The Bertz CT molecular complexity index is 716. The molecule has 108 valence electrons. The van der Waals surface area contributed by atoms with E-state index in [0.717, 1.165) is 8.95 Å². The van der Waals surface area contributed by atoms with Gasteiger partial charge in [0.2, 0.25) is 6.79 Å². The van der Waals surface area contributed by atoms with E-state index in [0.29, 0.717) is 27.8 Å². The molecule has 0 bridgehead atoms. The van der Waals surface area contributed by atoms with Crippen molar-refractivity contribution in [2.45, 2.75) is 0 Å². The zero-order valence-electron chi connectivity index (χ0n) is 10.5. The van der Waals surface area contributed by atoms with E-state index in [9.17, 15) is 4.79 Å². The van der Waals surface area contributed by atoms with Gasteiger partial charge in [-0.1, -0.05) is 43.5 Å². The summed E-state index contributed by atoms with van der Waals surface area (Å²) >= 11 is 12.8. The Balaban J connectivity index is 1.88. The number of hydrogen-bond acceptors (Lipinski definition) is 3. The van der Waals surface area contributed by atoms with Gasteiger partial charge >= 0.3 is 0 Å². The smallest absolute Gasteiger partial charge is 0.255 e. The van der Waals surface area contributed by atoms with Crippen LogP contribution in [0.25, 0.3) is 0 Å². The van der Waals surface area contributed by atoms with Crippen LogP contribution in [0.15, 0.2) is 39.3 Å². The molecule has 0 radical (unpaired) electrons. The molecule has 2 aromatic carbocycles. The first-order valence-electron chi connectivity index (χ1n) is 5.89. The monoisotopic (exact) mass is 431 g/mol. The van der Waals surface area contributed by atoms with E-state index in [1.54, 1.807) is 24.3 Å². The van der Waals surface area contributed by atoms with Gasteiger partial charge in [-0.25, -0.2) is 0 Å². The van der Waals surface area contributed by atoms with Gasteiger partial charge in [0, 0.05) is 26.6 Å². The van der Waals surface area contributed by atoms with Crippen molar-refractivity contribution < 1.29 is 14.3 Å². The van der Waals surface area contributed by atoms with Crippen LogP contribution in [-0.2, 0) is 0 Å². The quantitative estimate of drug-likeness (QED) is 0.737. The highest BCUT2D eigenvalue weighted by Crippen LogP contribution is 2.39. The fraction of sp³-hybridized carbons (Fsp3) is 0.0714. The van der Waals surface area contributed by atoms with Crippen LogP contribution in [0.5, 0.6) is 11.5 Å². The highest BCUT2D eigenvalue weighted by Gasteiger charge is 2.18. The molecule has 0 saturated carbocycles. The van der Waals surface area contributed by atoms with E-state index >= 15 is 0 Å². The molecular weight excluding hydrogens is 425 g/mol. The number of carbonyl (C=O) groups excluding carboxylic acids is 1. The van der Waals surface area contributed by atoms with Crippen molar-refractivity contribution in [2.75, 3.05) is 12.1 Å². The minimum atomic E-state index is -0.266. The maximum absolute atomic E-state index is 12.3. The first-order chi connectivity index (χ1) is 10.0. The van der Waals surface area contributed by atoms with Gasteiger partial charge in [0.15, 0.2) is 11.5 Å². The molecule has 7 heteroatoms. The van der Waals surface area contributed by atoms with Crippen LogP contribution in [0, 0.1) is 0 Å². The summed E-state index contributed by atoms with van der Waals surface area (Å²) in [7, 11) is 0. The molecule has 0 aromatic heterocycles.